The van der Waals surface area contributed by atoms with Gasteiger partial charge in [0.1, 0.15) is 0 Å². The molecule has 3 rings (SSSR count). The number of rotatable bonds is 7. The van der Waals surface area contributed by atoms with E-state index in [4.69, 9.17) is 19.2 Å². The zero-order valence-electron chi connectivity index (χ0n) is 17.5. The lowest BCUT2D eigenvalue weighted by Gasteiger charge is -2.11. The molecule has 0 fully saturated rings. The molecule has 0 aliphatic heterocycles. The quantitative estimate of drug-likeness (QED) is 0.397. The third kappa shape index (κ3) is 5.55. The largest absolute Gasteiger partial charge is 0.481 e. The zero-order chi connectivity index (χ0) is 21.2. The Hall–Kier alpha value is -3.44. The number of nitrogens with zero attached hydrogens (tertiary/aromatic N) is 2. The van der Waals surface area contributed by atoms with Crippen molar-refractivity contribution < 1.29 is 14.2 Å². The number of benzene rings is 3. The maximum atomic E-state index is 5.57. The Morgan fingerprint density at radius 3 is 1.80 bits per heavy atom. The van der Waals surface area contributed by atoms with Crippen molar-refractivity contribution in [3.05, 3.63) is 95.6 Å². The topological polar surface area (TPSA) is 52.4 Å². The number of hydrogen-bond acceptors (Lipinski definition) is 5. The summed E-state index contributed by atoms with van der Waals surface area (Å²) in [6.45, 7) is 0.603. The Bertz CT molecular complexity index is 999. The molecule has 5 nitrogen and oxygen atoms in total. The zero-order valence-corrected chi connectivity index (χ0v) is 17.5. The van der Waals surface area contributed by atoms with Crippen molar-refractivity contribution in [3.63, 3.8) is 0 Å². The van der Waals surface area contributed by atoms with Crippen LogP contribution in [0.15, 0.2) is 88.8 Å². The second kappa shape index (κ2) is 10.9. The Labute approximate surface area is 177 Å². The summed E-state index contributed by atoms with van der Waals surface area (Å²) in [5.74, 6) is 1.09. The Kier molecular flexibility index (Phi) is 7.75. The molecule has 0 radical (unpaired) electrons. The standard InChI is InChI=1S/C25H26N2O3/c1-28-17-16-19-14-15-22(26-24(29-2)20-10-6-4-7-11-20)18-23(19)27-25(30-3)21-12-8-5-9-13-21/h4-15,18H,16-17H2,1-3H3. The van der Waals surface area contributed by atoms with Gasteiger partial charge in [0.15, 0.2) is 0 Å². The number of aliphatic imine (C=N–C) groups is 2. The average Bonchev–Trinajstić information content (AvgIpc) is 2.81. The number of ether oxygens (including phenoxy) is 3. The van der Waals surface area contributed by atoms with Crippen LogP contribution in [0.5, 0.6) is 0 Å². The highest BCUT2D eigenvalue weighted by atomic mass is 16.5. The van der Waals surface area contributed by atoms with Crippen LogP contribution < -0.4 is 0 Å². The lowest BCUT2D eigenvalue weighted by atomic mass is 10.1. The summed E-state index contributed by atoms with van der Waals surface area (Å²) in [6, 6.07) is 25.5. The van der Waals surface area contributed by atoms with Crippen LogP contribution in [-0.4, -0.2) is 39.7 Å². The van der Waals surface area contributed by atoms with Crippen molar-refractivity contribution >= 4 is 23.2 Å². The van der Waals surface area contributed by atoms with Crippen LogP contribution in [0.4, 0.5) is 11.4 Å². The molecule has 0 aromatic heterocycles. The smallest absolute Gasteiger partial charge is 0.221 e. The molecule has 3 aromatic carbocycles. The summed E-state index contributed by atoms with van der Waals surface area (Å²) in [5.41, 5.74) is 4.42. The van der Waals surface area contributed by atoms with Gasteiger partial charge in [0.25, 0.3) is 0 Å². The van der Waals surface area contributed by atoms with E-state index in [1.54, 1.807) is 21.3 Å². The van der Waals surface area contributed by atoms with E-state index in [2.05, 4.69) is 4.99 Å². The van der Waals surface area contributed by atoms with Gasteiger partial charge in [-0.2, -0.15) is 0 Å². The minimum atomic E-state index is 0.546. The van der Waals surface area contributed by atoms with Crippen molar-refractivity contribution in [1.82, 2.24) is 0 Å². The van der Waals surface area contributed by atoms with Gasteiger partial charge in [0.2, 0.25) is 11.8 Å². The monoisotopic (exact) mass is 402 g/mol. The average molecular weight is 402 g/mol. The molecule has 0 unspecified atom stereocenters. The van der Waals surface area contributed by atoms with Gasteiger partial charge in [-0.1, -0.05) is 42.5 Å². The third-order valence-corrected chi connectivity index (χ3v) is 4.53. The first-order chi connectivity index (χ1) is 14.7. The highest BCUT2D eigenvalue weighted by molar-refractivity contribution is 5.97. The maximum Gasteiger partial charge on any atom is 0.221 e. The highest BCUT2D eigenvalue weighted by Crippen LogP contribution is 2.28. The van der Waals surface area contributed by atoms with Gasteiger partial charge in [-0.05, 0) is 48.4 Å². The van der Waals surface area contributed by atoms with Gasteiger partial charge in [-0.25, -0.2) is 9.98 Å². The van der Waals surface area contributed by atoms with Gasteiger partial charge in [0, 0.05) is 18.2 Å². The molecule has 0 aliphatic carbocycles. The van der Waals surface area contributed by atoms with E-state index in [1.807, 2.05) is 78.9 Å². The van der Waals surface area contributed by atoms with Crippen LogP contribution in [0, 0.1) is 0 Å². The van der Waals surface area contributed by atoms with E-state index in [1.165, 1.54) is 0 Å². The summed E-state index contributed by atoms with van der Waals surface area (Å²) in [5, 5.41) is 0. The van der Waals surface area contributed by atoms with Crippen LogP contribution in [-0.2, 0) is 20.6 Å². The summed E-state index contributed by atoms with van der Waals surface area (Å²) in [6.07, 6.45) is 0.737. The summed E-state index contributed by atoms with van der Waals surface area (Å²) < 4.78 is 16.3. The minimum absolute atomic E-state index is 0.546. The first-order valence-corrected chi connectivity index (χ1v) is 9.73. The van der Waals surface area contributed by atoms with Gasteiger partial charge in [0.05, 0.1) is 32.2 Å². The molecule has 154 valence electrons. The molecule has 0 saturated carbocycles. The van der Waals surface area contributed by atoms with Crippen LogP contribution in [0.2, 0.25) is 0 Å². The van der Waals surface area contributed by atoms with Gasteiger partial charge in [-0.3, -0.25) is 0 Å². The molecule has 0 aliphatic rings. The Morgan fingerprint density at radius 1 is 0.700 bits per heavy atom. The van der Waals surface area contributed by atoms with Crippen molar-refractivity contribution in [1.29, 1.82) is 0 Å². The van der Waals surface area contributed by atoms with Gasteiger partial charge in [-0.15, -0.1) is 0 Å². The molecule has 0 saturated heterocycles. The van der Waals surface area contributed by atoms with Crippen molar-refractivity contribution in [2.75, 3.05) is 27.9 Å². The summed E-state index contributed by atoms with van der Waals surface area (Å²) >= 11 is 0. The van der Waals surface area contributed by atoms with Crippen LogP contribution in [0.3, 0.4) is 0 Å². The van der Waals surface area contributed by atoms with Crippen LogP contribution in [0.25, 0.3) is 0 Å². The Balaban J connectivity index is 2.03. The fourth-order valence-electron chi connectivity index (χ4n) is 2.99. The molecule has 5 heteroatoms. The molecule has 0 spiro atoms. The van der Waals surface area contributed by atoms with E-state index >= 15 is 0 Å². The molecule has 3 aromatic rings. The van der Waals surface area contributed by atoms with Crippen molar-refractivity contribution in [2.45, 2.75) is 6.42 Å². The normalized spacial score (nSPS) is 12.0. The SMILES string of the molecule is COCCc1ccc(N=C(OC)c2ccccc2)cc1N=C(OC)c1ccccc1. The van der Waals surface area contributed by atoms with Crippen LogP contribution >= 0.6 is 0 Å². The first-order valence-electron chi connectivity index (χ1n) is 9.73. The molecule has 0 atom stereocenters. The second-order valence-corrected chi connectivity index (χ2v) is 6.53. The fraction of sp³-hybridized carbons (Fsp3) is 0.200. The Morgan fingerprint density at radius 2 is 1.27 bits per heavy atom. The third-order valence-electron chi connectivity index (χ3n) is 4.53. The fourth-order valence-corrected chi connectivity index (χ4v) is 2.99. The summed E-state index contributed by atoms with van der Waals surface area (Å²) in [7, 11) is 4.94. The van der Waals surface area contributed by atoms with Gasteiger partial charge < -0.3 is 14.2 Å². The lowest BCUT2D eigenvalue weighted by Crippen LogP contribution is -2.04. The number of hydrogen-bond donors (Lipinski definition) is 0. The maximum absolute atomic E-state index is 5.57. The first kappa shape index (κ1) is 21.3. The van der Waals surface area contributed by atoms with Gasteiger partial charge >= 0.3 is 0 Å². The van der Waals surface area contributed by atoms with Crippen molar-refractivity contribution in [3.8, 4) is 0 Å². The van der Waals surface area contributed by atoms with E-state index in [0.29, 0.717) is 18.4 Å². The molecular formula is C25H26N2O3. The van der Waals surface area contributed by atoms with E-state index in [0.717, 1.165) is 34.5 Å². The van der Waals surface area contributed by atoms with Crippen molar-refractivity contribution in [2.24, 2.45) is 9.98 Å². The summed E-state index contributed by atoms with van der Waals surface area (Å²) in [4.78, 5) is 9.48. The minimum Gasteiger partial charge on any atom is -0.481 e. The second-order valence-electron chi connectivity index (χ2n) is 6.53. The molecule has 0 N–H and O–H groups in total. The molecule has 30 heavy (non-hydrogen) atoms. The molecular weight excluding hydrogens is 376 g/mol. The number of methoxy groups -OCH3 is 3. The van der Waals surface area contributed by atoms with E-state index < -0.39 is 0 Å². The molecule has 0 heterocycles. The molecule has 0 bridgehead atoms. The highest BCUT2D eigenvalue weighted by Gasteiger charge is 2.09. The van der Waals surface area contributed by atoms with E-state index in [9.17, 15) is 0 Å². The lowest BCUT2D eigenvalue weighted by molar-refractivity contribution is 0.202. The predicted octanol–water partition coefficient (Wildman–Crippen LogP) is 5.32. The molecule has 0 amide bonds. The predicted molar refractivity (Wildman–Crippen MR) is 121 cm³/mol. The van der Waals surface area contributed by atoms with E-state index in [-0.39, 0.29) is 0 Å². The van der Waals surface area contributed by atoms with Crippen LogP contribution in [0.1, 0.15) is 16.7 Å².